The molecule has 354 valence electrons. The summed E-state index contributed by atoms with van der Waals surface area (Å²) in [6.45, 7) is 2.83. The zero-order valence-electron chi connectivity index (χ0n) is 36.4. The summed E-state index contributed by atoms with van der Waals surface area (Å²) in [6.07, 6.45) is 1.92. The van der Waals surface area contributed by atoms with E-state index in [-0.39, 0.29) is 106 Å². The maximum Gasteiger partial charge on any atom is 0.265 e. The Morgan fingerprint density at radius 1 is 0.672 bits per heavy atom. The third-order valence-corrected chi connectivity index (χ3v) is 14.0. The molecule has 2 amide bonds. The minimum Gasteiger partial charge on any atom is -0.486 e. The third-order valence-electron chi connectivity index (χ3n) is 13.7. The quantitative estimate of drug-likeness (QED) is 0.107. The van der Waals surface area contributed by atoms with Gasteiger partial charge in [-0.05, 0) is 92.5 Å². The van der Waals surface area contributed by atoms with E-state index in [1.807, 2.05) is 0 Å². The first-order chi connectivity index (χ1) is 31.7. The lowest BCUT2D eigenvalue weighted by Crippen LogP contribution is -2.76. The van der Waals surface area contributed by atoms with Crippen LogP contribution >= 0.6 is 11.6 Å². The van der Waals surface area contributed by atoms with E-state index in [4.69, 9.17) is 35.3 Å². The van der Waals surface area contributed by atoms with Crippen LogP contribution < -0.4 is 34.3 Å². The van der Waals surface area contributed by atoms with Crippen LogP contribution in [0.25, 0.3) is 0 Å². The molecular formula is C49H46ClF5N2O10. The fourth-order valence-electron chi connectivity index (χ4n) is 10.7. The monoisotopic (exact) mass is 952 g/mol. The molecule has 12 nitrogen and oxygen atoms in total. The SMILES string of the molecule is Cc1ccc(OCC(=O)CC23CC(NC(=O)C4COc5cc(F)c(F)cc5O4)(C2)C3)cc1F.Cc1ccc(OCC(=O)NC23CC(CC(=O)[C@H]4C[C@@H](O)c5cc(Cl)c(F)cc5O4)(C2)C3)cc1F. The number of rotatable bonds is 14. The van der Waals surface area contributed by atoms with Gasteiger partial charge in [0.2, 0.25) is 6.10 Å². The molecule has 4 aromatic carbocycles. The molecule has 0 spiro atoms. The van der Waals surface area contributed by atoms with E-state index in [9.17, 15) is 46.2 Å². The van der Waals surface area contributed by atoms with Gasteiger partial charge in [0.05, 0.1) is 11.1 Å². The molecule has 6 fully saturated rings. The van der Waals surface area contributed by atoms with Crippen LogP contribution in [0.4, 0.5) is 22.0 Å². The number of aryl methyl sites for hydroxylation is 2. The van der Waals surface area contributed by atoms with Gasteiger partial charge in [-0.15, -0.1) is 0 Å². The van der Waals surface area contributed by atoms with E-state index in [2.05, 4.69) is 10.6 Å². The standard InChI is InChI=1S/C25H24ClF2NO5.C24H22F3NO5/c1-13-2-3-14(4-17(13)27)33-9-23(32)29-25-10-24(11-25,12-25)8-20(31)22-7-19(30)15-5-16(26)18(28)6-21(15)34-22;1-13-2-3-15(4-16(13)25)31-8-14(29)7-23-10-24(11-23,12-23)28-22(30)21-9-32-19-5-17(26)18(27)6-20(19)33-21/h2-6,19,22,30H,7-12H2,1H3,(H,29,32);2-6,21H,7-12H2,1H3,(H,28,30)/t19-,22-,24?,25?;/m1./s1. The smallest absolute Gasteiger partial charge is 0.265 e. The number of ether oxygens (including phenoxy) is 5. The van der Waals surface area contributed by atoms with Gasteiger partial charge < -0.3 is 39.4 Å². The van der Waals surface area contributed by atoms with E-state index in [1.54, 1.807) is 38.1 Å². The van der Waals surface area contributed by atoms with Crippen molar-refractivity contribution in [2.45, 2.75) is 101 Å². The average Bonchev–Trinajstić information content (AvgIpc) is 3.23. The third kappa shape index (κ3) is 9.36. The van der Waals surface area contributed by atoms with Gasteiger partial charge in [0.15, 0.2) is 47.4 Å². The summed E-state index contributed by atoms with van der Waals surface area (Å²) >= 11 is 5.78. The Hall–Kier alpha value is -5.94. The van der Waals surface area contributed by atoms with Crippen molar-refractivity contribution in [3.63, 3.8) is 0 Å². The molecule has 12 rings (SSSR count). The molecule has 1 unspecified atom stereocenters. The van der Waals surface area contributed by atoms with Crippen molar-refractivity contribution in [3.05, 3.63) is 111 Å². The van der Waals surface area contributed by atoms with E-state index in [0.717, 1.165) is 18.2 Å². The van der Waals surface area contributed by atoms with Gasteiger partial charge in [-0.3, -0.25) is 19.2 Å². The Bertz CT molecular complexity index is 2660. The van der Waals surface area contributed by atoms with Crippen LogP contribution in [0.5, 0.6) is 28.7 Å². The fourth-order valence-corrected chi connectivity index (χ4v) is 10.9. The van der Waals surface area contributed by atoms with Gasteiger partial charge in [-0.1, -0.05) is 23.7 Å². The van der Waals surface area contributed by atoms with Crippen molar-refractivity contribution < 1.29 is 69.9 Å². The van der Waals surface area contributed by atoms with E-state index in [0.29, 0.717) is 67.4 Å². The minimum atomic E-state index is -1.08. The topological polar surface area (TPSA) is 159 Å². The van der Waals surface area contributed by atoms with Gasteiger partial charge in [-0.25, -0.2) is 22.0 Å². The number of aliphatic hydroxyl groups excluding tert-OH is 1. The number of ketones is 2. The Morgan fingerprint density at radius 2 is 1.21 bits per heavy atom. The first-order valence-corrected chi connectivity index (χ1v) is 22.2. The predicted molar refractivity (Wildman–Crippen MR) is 228 cm³/mol. The maximum absolute atomic E-state index is 13.8. The van der Waals surface area contributed by atoms with E-state index < -0.39 is 47.5 Å². The molecule has 4 aromatic rings. The largest absolute Gasteiger partial charge is 0.486 e. The van der Waals surface area contributed by atoms with Crippen LogP contribution in [0, 0.1) is 53.8 Å². The van der Waals surface area contributed by atoms with Gasteiger partial charge in [0.1, 0.15) is 47.9 Å². The highest BCUT2D eigenvalue weighted by atomic mass is 35.5. The number of hydrogen-bond donors (Lipinski definition) is 3. The van der Waals surface area contributed by atoms with Crippen molar-refractivity contribution in [2.24, 2.45) is 10.8 Å². The molecule has 8 aliphatic rings. The number of fused-ring (bicyclic) bond motifs is 2. The Balaban J connectivity index is 0.000000168. The molecule has 67 heavy (non-hydrogen) atoms. The predicted octanol–water partition coefficient (Wildman–Crippen LogP) is 7.82. The number of aliphatic hydroxyl groups is 1. The lowest BCUT2D eigenvalue weighted by Gasteiger charge is -2.70. The molecule has 2 heterocycles. The van der Waals surface area contributed by atoms with Crippen molar-refractivity contribution in [2.75, 3.05) is 19.8 Å². The normalized spacial score (nSPS) is 27.6. The molecule has 2 aliphatic heterocycles. The highest BCUT2D eigenvalue weighted by molar-refractivity contribution is 6.30. The number of carbonyl (C=O) groups is 4. The fraction of sp³-hybridized carbons (Fsp3) is 0.429. The Morgan fingerprint density at radius 3 is 1.82 bits per heavy atom. The number of carbonyl (C=O) groups excluding carboxylic acids is 4. The maximum atomic E-state index is 13.8. The van der Waals surface area contributed by atoms with Crippen LogP contribution in [-0.4, -0.2) is 71.6 Å². The highest BCUT2D eigenvalue weighted by Crippen LogP contribution is 2.70. The number of nitrogens with one attached hydrogen (secondary N) is 2. The average molecular weight is 953 g/mol. The second-order valence-electron chi connectivity index (χ2n) is 19.2. The molecule has 4 bridgehead atoms. The van der Waals surface area contributed by atoms with Gasteiger partial charge in [0.25, 0.3) is 11.8 Å². The molecule has 3 atom stereocenters. The number of amides is 2. The first kappa shape index (κ1) is 46.2. The van der Waals surface area contributed by atoms with Crippen molar-refractivity contribution in [3.8, 4) is 28.7 Å². The number of Topliss-reactive ketones (excluding diaryl/α,β-unsaturated/α-hetero) is 2. The summed E-state index contributed by atoms with van der Waals surface area (Å²) in [5, 5.41) is 16.2. The summed E-state index contributed by atoms with van der Waals surface area (Å²) in [5.41, 5.74) is 0.325. The molecule has 3 N–H and O–H groups in total. The second-order valence-corrected chi connectivity index (χ2v) is 19.6. The number of halogens is 6. The van der Waals surface area contributed by atoms with E-state index >= 15 is 0 Å². The first-order valence-electron chi connectivity index (χ1n) is 21.8. The molecule has 0 aromatic heterocycles. The van der Waals surface area contributed by atoms with Crippen LogP contribution in [0.1, 0.15) is 80.6 Å². The Labute approximate surface area is 386 Å². The molecule has 6 aliphatic carbocycles. The van der Waals surface area contributed by atoms with Crippen LogP contribution in [0.2, 0.25) is 5.02 Å². The summed E-state index contributed by atoms with van der Waals surface area (Å²) in [5.74, 6) is -3.73. The number of benzene rings is 4. The zero-order chi connectivity index (χ0) is 47.6. The minimum absolute atomic E-state index is 0.0200. The summed E-state index contributed by atoms with van der Waals surface area (Å²) in [4.78, 5) is 50.1. The Kier molecular flexibility index (Phi) is 11.9. The summed E-state index contributed by atoms with van der Waals surface area (Å²) in [6, 6.07) is 13.1. The van der Waals surface area contributed by atoms with Crippen LogP contribution in [-0.2, 0) is 19.2 Å². The molecule has 0 saturated heterocycles. The van der Waals surface area contributed by atoms with Crippen LogP contribution in [0.15, 0.2) is 60.7 Å². The number of hydrogen-bond acceptors (Lipinski definition) is 10. The van der Waals surface area contributed by atoms with Gasteiger partial charge in [0, 0.05) is 66.2 Å². The lowest BCUT2D eigenvalue weighted by molar-refractivity contribution is -0.177. The molecule has 18 heteroatoms. The van der Waals surface area contributed by atoms with Gasteiger partial charge in [-0.2, -0.15) is 0 Å². The lowest BCUT2D eigenvalue weighted by atomic mass is 9.38. The summed E-state index contributed by atoms with van der Waals surface area (Å²) < 4.78 is 95.0. The molecule has 6 saturated carbocycles. The molecule has 0 radical (unpaired) electrons. The van der Waals surface area contributed by atoms with Crippen molar-refractivity contribution >= 4 is 35.0 Å². The van der Waals surface area contributed by atoms with Crippen LogP contribution in [0.3, 0.4) is 0 Å². The van der Waals surface area contributed by atoms with E-state index in [1.165, 1.54) is 18.2 Å². The molecular weight excluding hydrogens is 907 g/mol. The summed E-state index contributed by atoms with van der Waals surface area (Å²) in [7, 11) is 0. The highest BCUT2D eigenvalue weighted by Gasteiger charge is 2.69. The van der Waals surface area contributed by atoms with Crippen molar-refractivity contribution in [1.82, 2.24) is 10.6 Å². The second kappa shape index (κ2) is 17.3. The van der Waals surface area contributed by atoms with Gasteiger partial charge >= 0.3 is 0 Å². The zero-order valence-corrected chi connectivity index (χ0v) is 37.1. The van der Waals surface area contributed by atoms with Crippen molar-refractivity contribution in [1.29, 1.82) is 0 Å².